The quantitative estimate of drug-likeness (QED) is 0.805. The normalized spacial score (nSPS) is 24.5. The molecule has 3 heterocycles. The number of ether oxygens (including phenoxy) is 1. The topological polar surface area (TPSA) is 49.9 Å². The number of hydrogen-bond donors (Lipinski definition) is 0. The van der Waals surface area contributed by atoms with Crippen LogP contribution in [-0.2, 0) is 20.7 Å². The van der Waals surface area contributed by atoms with Gasteiger partial charge in [0.15, 0.2) is 0 Å². The van der Waals surface area contributed by atoms with E-state index in [1.54, 1.807) is 0 Å². The van der Waals surface area contributed by atoms with Crippen molar-refractivity contribution in [2.75, 3.05) is 32.8 Å². The molecule has 0 radical (unpaired) electrons. The number of nitrogens with zero attached hydrogens (tertiary/aromatic N) is 2. The van der Waals surface area contributed by atoms with Gasteiger partial charge in [-0.1, -0.05) is 29.8 Å². The number of piperidine rings is 1. The van der Waals surface area contributed by atoms with E-state index in [9.17, 15) is 9.59 Å². The Morgan fingerprint density at radius 1 is 1.00 bits per heavy atom. The lowest BCUT2D eigenvalue weighted by atomic mass is 9.67. The highest BCUT2D eigenvalue weighted by molar-refractivity contribution is 5.89. The molecule has 1 atom stereocenters. The van der Waals surface area contributed by atoms with Crippen molar-refractivity contribution in [3.05, 3.63) is 35.4 Å². The zero-order valence-electron chi connectivity index (χ0n) is 17.0. The lowest BCUT2D eigenvalue weighted by Crippen LogP contribution is -2.62. The highest BCUT2D eigenvalue weighted by atomic mass is 16.5. The van der Waals surface area contributed by atoms with Crippen LogP contribution in [0, 0.1) is 12.3 Å². The zero-order valence-corrected chi connectivity index (χ0v) is 17.0. The molecule has 3 saturated heterocycles. The van der Waals surface area contributed by atoms with E-state index in [-0.39, 0.29) is 23.3 Å². The summed E-state index contributed by atoms with van der Waals surface area (Å²) in [6.07, 6.45) is 6.28. The van der Waals surface area contributed by atoms with Crippen LogP contribution in [0.5, 0.6) is 0 Å². The number of benzene rings is 1. The molecule has 5 nitrogen and oxygen atoms in total. The van der Waals surface area contributed by atoms with Crippen LogP contribution in [0.15, 0.2) is 24.3 Å². The van der Waals surface area contributed by atoms with Crippen LogP contribution >= 0.6 is 0 Å². The summed E-state index contributed by atoms with van der Waals surface area (Å²) in [5, 5.41) is 0. The van der Waals surface area contributed by atoms with Crippen molar-refractivity contribution in [3.8, 4) is 0 Å². The predicted octanol–water partition coefficient (Wildman–Crippen LogP) is 2.95. The van der Waals surface area contributed by atoms with Crippen molar-refractivity contribution in [1.29, 1.82) is 0 Å². The van der Waals surface area contributed by atoms with E-state index in [1.807, 2.05) is 34.1 Å². The fraction of sp³-hybridized carbons (Fsp3) is 0.652. The molecule has 0 aliphatic carbocycles. The lowest BCUT2D eigenvalue weighted by molar-refractivity contribution is -0.160. The first-order valence-electron chi connectivity index (χ1n) is 10.8. The van der Waals surface area contributed by atoms with Gasteiger partial charge in [-0.25, -0.2) is 0 Å². The summed E-state index contributed by atoms with van der Waals surface area (Å²) < 4.78 is 5.62. The molecular formula is C23H32N2O3. The van der Waals surface area contributed by atoms with Gasteiger partial charge < -0.3 is 14.5 Å². The molecule has 5 heteroatoms. The number of amides is 2. The molecule has 2 amide bonds. The van der Waals surface area contributed by atoms with Crippen LogP contribution < -0.4 is 0 Å². The van der Waals surface area contributed by atoms with Crippen LogP contribution in [0.1, 0.15) is 49.7 Å². The fourth-order valence-electron chi connectivity index (χ4n) is 5.26. The first-order chi connectivity index (χ1) is 13.6. The Morgan fingerprint density at radius 2 is 1.68 bits per heavy atom. The SMILES string of the molecule is Cc1ccc(CC(=O)N2CCCC3(CCOCC3)C2C(=O)N2CCCC2)cc1. The third kappa shape index (κ3) is 3.82. The van der Waals surface area contributed by atoms with Crippen LogP contribution in [0.2, 0.25) is 0 Å². The molecule has 1 aromatic carbocycles. The Hall–Kier alpha value is -1.88. The molecule has 28 heavy (non-hydrogen) atoms. The van der Waals surface area contributed by atoms with Crippen molar-refractivity contribution in [3.63, 3.8) is 0 Å². The predicted molar refractivity (Wildman–Crippen MR) is 108 cm³/mol. The van der Waals surface area contributed by atoms with Crippen LogP contribution in [-0.4, -0.2) is 60.5 Å². The first kappa shape index (κ1) is 19.4. The molecule has 1 unspecified atom stereocenters. The standard InChI is InChI=1S/C23H32N2O3/c1-18-5-7-19(8-6-18)17-20(26)25-14-4-9-23(10-15-28-16-11-23)21(25)22(27)24-12-2-3-13-24/h5-8,21H,2-4,9-17H2,1H3. The molecule has 0 bridgehead atoms. The highest BCUT2D eigenvalue weighted by Crippen LogP contribution is 2.45. The molecular weight excluding hydrogens is 352 g/mol. The number of likely N-dealkylation sites (tertiary alicyclic amines) is 2. The van der Waals surface area contributed by atoms with Gasteiger partial charge in [-0.2, -0.15) is 0 Å². The monoisotopic (exact) mass is 384 g/mol. The summed E-state index contributed by atoms with van der Waals surface area (Å²) in [4.78, 5) is 30.8. The van der Waals surface area contributed by atoms with Gasteiger partial charge in [-0.15, -0.1) is 0 Å². The summed E-state index contributed by atoms with van der Waals surface area (Å²) in [6, 6.07) is 7.83. The summed E-state index contributed by atoms with van der Waals surface area (Å²) in [5.41, 5.74) is 2.10. The van der Waals surface area contributed by atoms with Crippen molar-refractivity contribution >= 4 is 11.8 Å². The molecule has 152 valence electrons. The van der Waals surface area contributed by atoms with Crippen LogP contribution in [0.4, 0.5) is 0 Å². The van der Waals surface area contributed by atoms with Crippen LogP contribution in [0.25, 0.3) is 0 Å². The second-order valence-corrected chi connectivity index (χ2v) is 8.76. The van der Waals surface area contributed by atoms with Gasteiger partial charge in [-0.05, 0) is 51.0 Å². The van der Waals surface area contributed by atoms with Crippen molar-refractivity contribution in [2.24, 2.45) is 5.41 Å². The Kier molecular flexibility index (Phi) is 5.72. The number of rotatable bonds is 3. The van der Waals surface area contributed by atoms with E-state index < -0.39 is 0 Å². The van der Waals surface area contributed by atoms with E-state index in [0.29, 0.717) is 26.2 Å². The fourth-order valence-corrected chi connectivity index (χ4v) is 5.26. The number of carbonyl (C=O) groups is 2. The minimum atomic E-state index is -0.318. The van der Waals surface area contributed by atoms with Crippen molar-refractivity contribution in [1.82, 2.24) is 9.80 Å². The maximum absolute atomic E-state index is 13.6. The molecule has 0 aromatic heterocycles. The average Bonchev–Trinajstić information content (AvgIpc) is 3.24. The van der Waals surface area contributed by atoms with Gasteiger partial charge in [0.2, 0.25) is 11.8 Å². The molecule has 3 aliphatic heterocycles. The number of hydrogen-bond acceptors (Lipinski definition) is 3. The van der Waals surface area contributed by atoms with E-state index in [4.69, 9.17) is 4.74 Å². The van der Waals surface area contributed by atoms with Gasteiger partial charge in [0.25, 0.3) is 0 Å². The highest BCUT2D eigenvalue weighted by Gasteiger charge is 2.51. The van der Waals surface area contributed by atoms with Crippen molar-refractivity contribution in [2.45, 2.75) is 57.9 Å². The largest absolute Gasteiger partial charge is 0.381 e. The third-order valence-electron chi connectivity index (χ3n) is 6.90. The summed E-state index contributed by atoms with van der Waals surface area (Å²) in [5.74, 6) is 0.267. The van der Waals surface area contributed by atoms with E-state index in [0.717, 1.165) is 57.2 Å². The zero-order chi connectivity index (χ0) is 19.6. The number of aryl methyl sites for hydroxylation is 1. The average molecular weight is 385 g/mol. The van der Waals surface area contributed by atoms with Crippen LogP contribution in [0.3, 0.4) is 0 Å². The van der Waals surface area contributed by atoms with E-state index in [2.05, 4.69) is 6.92 Å². The lowest BCUT2D eigenvalue weighted by Gasteiger charge is -2.51. The summed E-state index contributed by atoms with van der Waals surface area (Å²) >= 11 is 0. The summed E-state index contributed by atoms with van der Waals surface area (Å²) in [6.45, 7) is 5.81. The van der Waals surface area contributed by atoms with Gasteiger partial charge in [0.05, 0.1) is 6.42 Å². The Bertz CT molecular complexity index is 698. The smallest absolute Gasteiger partial charge is 0.245 e. The minimum absolute atomic E-state index is 0.0898. The van der Waals surface area contributed by atoms with Gasteiger partial charge in [-0.3, -0.25) is 9.59 Å². The molecule has 3 aliphatic rings. The van der Waals surface area contributed by atoms with Gasteiger partial charge >= 0.3 is 0 Å². The Balaban J connectivity index is 1.59. The minimum Gasteiger partial charge on any atom is -0.381 e. The Labute approximate surface area is 168 Å². The molecule has 4 rings (SSSR count). The first-order valence-corrected chi connectivity index (χ1v) is 10.8. The van der Waals surface area contributed by atoms with Gasteiger partial charge in [0, 0.05) is 38.3 Å². The van der Waals surface area contributed by atoms with E-state index >= 15 is 0 Å². The molecule has 1 aromatic rings. The van der Waals surface area contributed by atoms with Crippen molar-refractivity contribution < 1.29 is 14.3 Å². The Morgan fingerprint density at radius 3 is 2.36 bits per heavy atom. The molecule has 0 N–H and O–H groups in total. The van der Waals surface area contributed by atoms with E-state index in [1.165, 1.54) is 5.56 Å². The maximum Gasteiger partial charge on any atom is 0.245 e. The van der Waals surface area contributed by atoms with Gasteiger partial charge in [0.1, 0.15) is 6.04 Å². The second-order valence-electron chi connectivity index (χ2n) is 8.76. The maximum atomic E-state index is 13.6. The second kappa shape index (κ2) is 8.24. The molecule has 3 fully saturated rings. The molecule has 0 saturated carbocycles. The third-order valence-corrected chi connectivity index (χ3v) is 6.90. The summed E-state index contributed by atoms with van der Waals surface area (Å²) in [7, 11) is 0. The number of carbonyl (C=O) groups excluding carboxylic acids is 2. The molecule has 1 spiro atoms.